The molecule has 0 saturated carbocycles. The maximum absolute atomic E-state index is 10.6. The Morgan fingerprint density at radius 1 is 1.26 bits per heavy atom. The lowest BCUT2D eigenvalue weighted by atomic mass is 10.1. The molecule has 0 spiro atoms. The Hall–Kier alpha value is -1.49. The highest BCUT2D eigenvalue weighted by molar-refractivity contribution is 6.42. The van der Waals surface area contributed by atoms with E-state index in [0.717, 1.165) is 5.56 Å². The minimum absolute atomic E-state index is 0.186. The van der Waals surface area contributed by atoms with Crippen molar-refractivity contribution >= 4 is 29.2 Å². The highest BCUT2D eigenvalue weighted by atomic mass is 35.5. The van der Waals surface area contributed by atoms with Gasteiger partial charge in [0, 0.05) is 5.56 Å². The van der Waals surface area contributed by atoms with Gasteiger partial charge < -0.3 is 15.3 Å². The second kappa shape index (κ2) is 5.65. The average molecular weight is 300 g/mol. The SMILES string of the molecule is NC(CC(=O)O)c1ccc(-c2ccc(Cl)c(Cl)c2)o1. The Morgan fingerprint density at radius 3 is 2.63 bits per heavy atom. The topological polar surface area (TPSA) is 76.5 Å². The van der Waals surface area contributed by atoms with Gasteiger partial charge in [-0.25, -0.2) is 0 Å². The molecule has 1 aromatic carbocycles. The van der Waals surface area contributed by atoms with E-state index in [4.69, 9.17) is 38.5 Å². The molecule has 1 aromatic heterocycles. The normalized spacial score (nSPS) is 12.4. The standard InChI is InChI=1S/C13H11Cl2NO3/c14-8-2-1-7(5-9(8)15)11-3-4-12(19-11)10(16)6-13(17)18/h1-5,10H,6,16H2,(H,17,18). The van der Waals surface area contributed by atoms with Crippen LogP contribution in [-0.4, -0.2) is 11.1 Å². The fourth-order valence-corrected chi connectivity index (χ4v) is 1.94. The van der Waals surface area contributed by atoms with Gasteiger partial charge in [0.2, 0.25) is 0 Å². The molecule has 0 saturated heterocycles. The molecule has 2 aromatic rings. The van der Waals surface area contributed by atoms with Crippen LogP contribution in [0.5, 0.6) is 0 Å². The molecule has 0 fully saturated rings. The molecule has 0 aliphatic heterocycles. The van der Waals surface area contributed by atoms with Crippen molar-refractivity contribution < 1.29 is 14.3 Å². The maximum atomic E-state index is 10.6. The van der Waals surface area contributed by atoms with Gasteiger partial charge in [-0.05, 0) is 30.3 Å². The van der Waals surface area contributed by atoms with Crippen molar-refractivity contribution in [1.82, 2.24) is 0 Å². The van der Waals surface area contributed by atoms with Gasteiger partial charge in [0.1, 0.15) is 11.5 Å². The van der Waals surface area contributed by atoms with Crippen LogP contribution in [-0.2, 0) is 4.79 Å². The number of nitrogens with two attached hydrogens (primary N) is 1. The van der Waals surface area contributed by atoms with E-state index < -0.39 is 12.0 Å². The summed E-state index contributed by atoms with van der Waals surface area (Å²) >= 11 is 11.8. The summed E-state index contributed by atoms with van der Waals surface area (Å²) in [5.41, 5.74) is 6.47. The Kier molecular flexibility index (Phi) is 4.14. The molecule has 0 radical (unpaired) electrons. The lowest BCUT2D eigenvalue weighted by molar-refractivity contribution is -0.137. The van der Waals surface area contributed by atoms with Gasteiger partial charge >= 0.3 is 5.97 Å². The van der Waals surface area contributed by atoms with Gasteiger partial charge in [-0.1, -0.05) is 23.2 Å². The summed E-state index contributed by atoms with van der Waals surface area (Å²) in [6.07, 6.45) is -0.186. The third-order valence-electron chi connectivity index (χ3n) is 2.59. The zero-order valence-electron chi connectivity index (χ0n) is 9.77. The van der Waals surface area contributed by atoms with Crippen LogP contribution in [0.15, 0.2) is 34.7 Å². The third-order valence-corrected chi connectivity index (χ3v) is 3.33. The second-order valence-electron chi connectivity index (χ2n) is 4.04. The van der Waals surface area contributed by atoms with Crippen LogP contribution in [0, 0.1) is 0 Å². The predicted molar refractivity (Wildman–Crippen MR) is 73.3 cm³/mol. The molecular formula is C13H11Cl2NO3. The molecule has 0 aliphatic rings. The number of aliphatic carboxylic acids is 1. The van der Waals surface area contributed by atoms with E-state index in [1.54, 1.807) is 30.3 Å². The fourth-order valence-electron chi connectivity index (χ4n) is 1.65. The van der Waals surface area contributed by atoms with Crippen LogP contribution in [0.1, 0.15) is 18.2 Å². The third kappa shape index (κ3) is 3.29. The molecule has 0 bridgehead atoms. The van der Waals surface area contributed by atoms with Crippen LogP contribution in [0.3, 0.4) is 0 Å². The Bertz CT molecular complexity index is 610. The molecule has 1 atom stereocenters. The van der Waals surface area contributed by atoms with Gasteiger partial charge in [-0.15, -0.1) is 0 Å². The van der Waals surface area contributed by atoms with E-state index >= 15 is 0 Å². The van der Waals surface area contributed by atoms with Gasteiger partial charge in [0.25, 0.3) is 0 Å². The number of hydrogen-bond donors (Lipinski definition) is 2. The Labute approximate surface area is 119 Å². The first-order chi connectivity index (χ1) is 8.97. The molecular weight excluding hydrogens is 289 g/mol. The highest BCUT2D eigenvalue weighted by Crippen LogP contribution is 2.30. The first kappa shape index (κ1) is 13.9. The van der Waals surface area contributed by atoms with E-state index in [1.165, 1.54) is 0 Å². The average Bonchev–Trinajstić information content (AvgIpc) is 2.81. The largest absolute Gasteiger partial charge is 0.481 e. The van der Waals surface area contributed by atoms with Crippen molar-refractivity contribution in [3.63, 3.8) is 0 Å². The first-order valence-electron chi connectivity index (χ1n) is 5.50. The number of rotatable bonds is 4. The smallest absolute Gasteiger partial charge is 0.305 e. The zero-order valence-corrected chi connectivity index (χ0v) is 11.3. The molecule has 3 N–H and O–H groups in total. The van der Waals surface area contributed by atoms with Crippen molar-refractivity contribution in [2.75, 3.05) is 0 Å². The summed E-state index contributed by atoms with van der Waals surface area (Å²) in [6, 6.07) is 7.81. The van der Waals surface area contributed by atoms with E-state index in [1.807, 2.05) is 0 Å². The van der Waals surface area contributed by atoms with Gasteiger partial charge in [-0.2, -0.15) is 0 Å². The van der Waals surface area contributed by atoms with E-state index in [0.29, 0.717) is 21.6 Å². The number of carboxylic acids is 1. The van der Waals surface area contributed by atoms with E-state index in [2.05, 4.69) is 0 Å². The lowest BCUT2D eigenvalue weighted by Crippen LogP contribution is -2.14. The molecule has 1 heterocycles. The molecule has 2 rings (SSSR count). The number of carboxylic acid groups (broad SMARTS) is 1. The van der Waals surface area contributed by atoms with Crippen LogP contribution in [0.2, 0.25) is 10.0 Å². The first-order valence-corrected chi connectivity index (χ1v) is 6.25. The van der Waals surface area contributed by atoms with Crippen molar-refractivity contribution in [3.8, 4) is 11.3 Å². The quantitative estimate of drug-likeness (QED) is 0.902. The van der Waals surface area contributed by atoms with Gasteiger partial charge in [-0.3, -0.25) is 4.79 Å². The Morgan fingerprint density at radius 2 is 2.00 bits per heavy atom. The molecule has 4 nitrogen and oxygen atoms in total. The number of hydrogen-bond acceptors (Lipinski definition) is 3. The van der Waals surface area contributed by atoms with Crippen molar-refractivity contribution in [2.45, 2.75) is 12.5 Å². The van der Waals surface area contributed by atoms with E-state index in [9.17, 15) is 4.79 Å². The van der Waals surface area contributed by atoms with Gasteiger partial charge in [0.15, 0.2) is 0 Å². The lowest BCUT2D eigenvalue weighted by Gasteiger charge is -2.05. The van der Waals surface area contributed by atoms with Gasteiger partial charge in [0.05, 0.1) is 22.5 Å². The zero-order chi connectivity index (χ0) is 14.0. The minimum Gasteiger partial charge on any atom is -0.481 e. The molecule has 0 amide bonds. The summed E-state index contributed by atoms with van der Waals surface area (Å²) in [6.45, 7) is 0. The van der Waals surface area contributed by atoms with Crippen LogP contribution in [0.4, 0.5) is 0 Å². The van der Waals surface area contributed by atoms with Crippen molar-refractivity contribution in [3.05, 3.63) is 46.1 Å². The van der Waals surface area contributed by atoms with E-state index in [-0.39, 0.29) is 6.42 Å². The minimum atomic E-state index is -0.972. The second-order valence-corrected chi connectivity index (χ2v) is 4.85. The molecule has 6 heteroatoms. The summed E-state index contributed by atoms with van der Waals surface area (Å²) in [7, 11) is 0. The molecule has 0 aliphatic carbocycles. The number of carbonyl (C=O) groups is 1. The van der Waals surface area contributed by atoms with Crippen molar-refractivity contribution in [2.24, 2.45) is 5.73 Å². The summed E-state index contributed by atoms with van der Waals surface area (Å²) in [5.74, 6) is 0.0119. The fraction of sp³-hybridized carbons (Fsp3) is 0.154. The number of furan rings is 1. The van der Waals surface area contributed by atoms with Crippen molar-refractivity contribution in [1.29, 1.82) is 0 Å². The molecule has 19 heavy (non-hydrogen) atoms. The summed E-state index contributed by atoms with van der Waals surface area (Å²) < 4.78 is 5.54. The number of benzene rings is 1. The van der Waals surface area contributed by atoms with Crippen LogP contribution >= 0.6 is 23.2 Å². The molecule has 1 unspecified atom stereocenters. The number of halogens is 2. The van der Waals surface area contributed by atoms with Crippen LogP contribution in [0.25, 0.3) is 11.3 Å². The highest BCUT2D eigenvalue weighted by Gasteiger charge is 2.15. The summed E-state index contributed by atoms with van der Waals surface area (Å²) in [5, 5.41) is 9.56. The molecule has 100 valence electrons. The van der Waals surface area contributed by atoms with Crippen LogP contribution < -0.4 is 5.73 Å². The monoisotopic (exact) mass is 299 g/mol. The maximum Gasteiger partial charge on any atom is 0.305 e. The summed E-state index contributed by atoms with van der Waals surface area (Å²) in [4.78, 5) is 10.6. The predicted octanol–water partition coefficient (Wildman–Crippen LogP) is 3.73. The Balaban J connectivity index is 2.25.